The number of carbonyl (C=O) groups is 1. The summed E-state index contributed by atoms with van der Waals surface area (Å²) in [4.78, 5) is 12.6. The molecule has 0 N–H and O–H groups in total. The lowest BCUT2D eigenvalue weighted by Gasteiger charge is -2.07. The Kier molecular flexibility index (Phi) is 2.57. The summed E-state index contributed by atoms with van der Waals surface area (Å²) in [5.41, 5.74) is 3.40. The smallest absolute Gasteiger partial charge is 0.228 e. The normalized spacial score (nSPS) is 13.1. The summed E-state index contributed by atoms with van der Waals surface area (Å²) in [5.74, 6) is 0.307. The predicted molar refractivity (Wildman–Crippen MR) is 81.2 cm³/mol. The van der Waals surface area contributed by atoms with Crippen LogP contribution in [0.3, 0.4) is 0 Å². The van der Waals surface area contributed by atoms with Crippen LogP contribution in [0.4, 0.5) is 0 Å². The van der Waals surface area contributed by atoms with Gasteiger partial charge in [-0.15, -0.1) is 0 Å². The summed E-state index contributed by atoms with van der Waals surface area (Å²) in [6.45, 7) is 0. The van der Waals surface area contributed by atoms with Crippen molar-refractivity contribution in [3.63, 3.8) is 0 Å². The van der Waals surface area contributed by atoms with Crippen molar-refractivity contribution in [1.82, 2.24) is 0 Å². The molecule has 3 aromatic rings. The zero-order valence-corrected chi connectivity index (χ0v) is 12.2. The van der Waals surface area contributed by atoms with Gasteiger partial charge in [0.2, 0.25) is 5.78 Å². The van der Waals surface area contributed by atoms with Gasteiger partial charge >= 0.3 is 0 Å². The molecule has 2 nitrogen and oxygen atoms in total. The summed E-state index contributed by atoms with van der Waals surface area (Å²) in [6.07, 6.45) is 2.13. The SMILES string of the molecule is O=C(c1ccc(Br)o1)c1ccc2c3c(cccc13)CC2. The Bertz CT molecular complexity index is 835. The van der Waals surface area contributed by atoms with Gasteiger partial charge in [0.05, 0.1) is 0 Å². The molecule has 2 aromatic carbocycles. The van der Waals surface area contributed by atoms with Gasteiger partial charge in [0.1, 0.15) is 0 Å². The lowest BCUT2D eigenvalue weighted by Crippen LogP contribution is -2.01. The molecule has 0 unspecified atom stereocenters. The molecule has 3 heteroatoms. The fourth-order valence-corrected chi connectivity index (χ4v) is 3.32. The summed E-state index contributed by atoms with van der Waals surface area (Å²) in [6, 6.07) is 13.6. The fraction of sp³-hybridized carbons (Fsp3) is 0.118. The van der Waals surface area contributed by atoms with Crippen molar-refractivity contribution < 1.29 is 9.21 Å². The molecule has 1 aliphatic carbocycles. The van der Waals surface area contributed by atoms with Crippen LogP contribution in [-0.2, 0) is 12.8 Å². The van der Waals surface area contributed by atoms with Crippen molar-refractivity contribution in [2.24, 2.45) is 0 Å². The Labute approximate surface area is 124 Å². The first-order valence-electron chi connectivity index (χ1n) is 6.57. The van der Waals surface area contributed by atoms with Crippen LogP contribution in [0.1, 0.15) is 27.2 Å². The largest absolute Gasteiger partial charge is 0.446 e. The Morgan fingerprint density at radius 1 is 1.00 bits per heavy atom. The first-order chi connectivity index (χ1) is 9.74. The monoisotopic (exact) mass is 326 g/mol. The zero-order chi connectivity index (χ0) is 13.7. The molecule has 20 heavy (non-hydrogen) atoms. The second kappa shape index (κ2) is 4.32. The van der Waals surface area contributed by atoms with Crippen LogP contribution in [0, 0.1) is 0 Å². The third-order valence-electron chi connectivity index (χ3n) is 3.92. The van der Waals surface area contributed by atoms with Crippen LogP contribution < -0.4 is 0 Å². The van der Waals surface area contributed by atoms with Crippen LogP contribution >= 0.6 is 15.9 Å². The van der Waals surface area contributed by atoms with Gasteiger partial charge in [-0.05, 0) is 68.9 Å². The summed E-state index contributed by atoms with van der Waals surface area (Å²) in [5, 5.41) is 2.29. The Morgan fingerprint density at radius 2 is 1.80 bits per heavy atom. The second-order valence-electron chi connectivity index (χ2n) is 5.04. The molecule has 0 bridgehead atoms. The highest BCUT2D eigenvalue weighted by molar-refractivity contribution is 9.10. The highest BCUT2D eigenvalue weighted by Gasteiger charge is 2.21. The lowest BCUT2D eigenvalue weighted by molar-refractivity contribution is 0.101. The van der Waals surface area contributed by atoms with Crippen LogP contribution in [-0.4, -0.2) is 5.78 Å². The number of hydrogen-bond acceptors (Lipinski definition) is 2. The summed E-state index contributed by atoms with van der Waals surface area (Å²) >= 11 is 3.24. The van der Waals surface area contributed by atoms with E-state index < -0.39 is 0 Å². The maximum absolute atomic E-state index is 12.6. The molecular formula is C17H11BrO2. The Hall–Kier alpha value is -1.87. The first kappa shape index (κ1) is 11.9. The van der Waals surface area contributed by atoms with Crippen LogP contribution in [0.5, 0.6) is 0 Å². The highest BCUT2D eigenvalue weighted by Crippen LogP contribution is 2.33. The van der Waals surface area contributed by atoms with Crippen molar-refractivity contribution in [2.45, 2.75) is 12.8 Å². The Morgan fingerprint density at radius 3 is 2.55 bits per heavy atom. The molecule has 1 aliphatic rings. The standard InChI is InChI=1S/C17H11BrO2/c18-15-9-8-14(20-15)17(19)13-7-6-11-5-4-10-2-1-3-12(13)16(10)11/h1-3,6-9H,4-5H2. The number of furan rings is 1. The minimum atomic E-state index is -0.0636. The minimum Gasteiger partial charge on any atom is -0.446 e. The molecule has 0 atom stereocenters. The van der Waals surface area contributed by atoms with E-state index in [1.54, 1.807) is 12.1 Å². The molecule has 0 saturated carbocycles. The van der Waals surface area contributed by atoms with E-state index >= 15 is 0 Å². The van der Waals surface area contributed by atoms with Gasteiger partial charge in [-0.25, -0.2) is 0 Å². The fourth-order valence-electron chi connectivity index (χ4n) is 3.01. The molecule has 0 spiro atoms. The van der Waals surface area contributed by atoms with Gasteiger partial charge in [-0.2, -0.15) is 0 Å². The molecule has 1 aromatic heterocycles. The third-order valence-corrected chi connectivity index (χ3v) is 4.34. The van der Waals surface area contributed by atoms with Gasteiger partial charge < -0.3 is 4.42 Å². The molecule has 98 valence electrons. The molecule has 0 fully saturated rings. The third kappa shape index (κ3) is 1.66. The van der Waals surface area contributed by atoms with E-state index in [4.69, 9.17) is 4.42 Å². The van der Waals surface area contributed by atoms with Gasteiger partial charge in [0, 0.05) is 5.56 Å². The van der Waals surface area contributed by atoms with Crippen molar-refractivity contribution in [2.75, 3.05) is 0 Å². The van der Waals surface area contributed by atoms with Crippen molar-refractivity contribution in [3.05, 3.63) is 69.6 Å². The summed E-state index contributed by atoms with van der Waals surface area (Å²) in [7, 11) is 0. The average molecular weight is 327 g/mol. The number of rotatable bonds is 2. The van der Waals surface area contributed by atoms with Gasteiger partial charge in [0.15, 0.2) is 10.4 Å². The quantitative estimate of drug-likeness (QED) is 0.648. The average Bonchev–Trinajstić information content (AvgIpc) is 3.07. The van der Waals surface area contributed by atoms with Crippen molar-refractivity contribution >= 4 is 32.5 Å². The molecule has 0 saturated heterocycles. The highest BCUT2D eigenvalue weighted by atomic mass is 79.9. The first-order valence-corrected chi connectivity index (χ1v) is 7.37. The van der Waals surface area contributed by atoms with E-state index in [2.05, 4.69) is 28.1 Å². The van der Waals surface area contributed by atoms with Crippen molar-refractivity contribution in [1.29, 1.82) is 0 Å². The van der Waals surface area contributed by atoms with E-state index in [0.29, 0.717) is 16.0 Å². The Balaban J connectivity index is 1.95. The van der Waals surface area contributed by atoms with Crippen LogP contribution in [0.25, 0.3) is 10.8 Å². The van der Waals surface area contributed by atoms with Gasteiger partial charge in [0.25, 0.3) is 0 Å². The summed E-state index contributed by atoms with van der Waals surface area (Å²) < 4.78 is 5.97. The van der Waals surface area contributed by atoms with E-state index in [1.807, 2.05) is 18.2 Å². The zero-order valence-electron chi connectivity index (χ0n) is 10.7. The molecule has 4 rings (SSSR count). The van der Waals surface area contributed by atoms with Gasteiger partial charge in [-0.3, -0.25) is 4.79 Å². The number of hydrogen-bond donors (Lipinski definition) is 0. The van der Waals surface area contributed by atoms with Crippen molar-refractivity contribution in [3.8, 4) is 0 Å². The predicted octanol–water partition coefficient (Wildman–Crippen LogP) is 4.52. The topological polar surface area (TPSA) is 30.2 Å². The van der Waals surface area contributed by atoms with E-state index in [0.717, 1.165) is 18.2 Å². The molecule has 0 radical (unpaired) electrons. The van der Waals surface area contributed by atoms with E-state index in [-0.39, 0.29) is 5.78 Å². The minimum absolute atomic E-state index is 0.0636. The molecular weight excluding hydrogens is 316 g/mol. The van der Waals surface area contributed by atoms with E-state index in [1.165, 1.54) is 16.5 Å². The number of halogens is 1. The number of benzene rings is 2. The second-order valence-corrected chi connectivity index (χ2v) is 5.83. The number of aryl methyl sites for hydroxylation is 2. The maximum atomic E-state index is 12.6. The maximum Gasteiger partial charge on any atom is 0.228 e. The van der Waals surface area contributed by atoms with Gasteiger partial charge in [-0.1, -0.05) is 24.3 Å². The molecule has 0 amide bonds. The molecule has 0 aliphatic heterocycles. The van der Waals surface area contributed by atoms with E-state index in [9.17, 15) is 4.79 Å². The van der Waals surface area contributed by atoms with Crippen LogP contribution in [0.2, 0.25) is 0 Å². The number of ketones is 1. The number of carbonyl (C=O) groups excluding carboxylic acids is 1. The van der Waals surface area contributed by atoms with Crippen LogP contribution in [0.15, 0.2) is 51.6 Å². The molecule has 1 heterocycles. The lowest BCUT2D eigenvalue weighted by atomic mass is 9.97.